The topological polar surface area (TPSA) is 65.8 Å². The van der Waals surface area contributed by atoms with Crippen LogP contribution in [0.5, 0.6) is 0 Å². The van der Waals surface area contributed by atoms with Crippen LogP contribution in [0, 0.1) is 5.82 Å². The van der Waals surface area contributed by atoms with Crippen LogP contribution in [0.25, 0.3) is 11.3 Å². The zero-order valence-electron chi connectivity index (χ0n) is 18.0. The van der Waals surface area contributed by atoms with Gasteiger partial charge in [-0.3, -0.25) is 14.5 Å². The summed E-state index contributed by atoms with van der Waals surface area (Å²) >= 11 is 0. The number of hydrogen-bond acceptors (Lipinski definition) is 4. The second kappa shape index (κ2) is 9.78. The molecule has 1 aliphatic heterocycles. The molecule has 3 aromatic rings. The molecule has 0 aliphatic carbocycles. The van der Waals surface area contributed by atoms with Gasteiger partial charge in [0.2, 0.25) is 5.91 Å². The number of benzene rings is 2. The summed E-state index contributed by atoms with van der Waals surface area (Å²) < 4.78 is 19.6. The van der Waals surface area contributed by atoms with Gasteiger partial charge in [0, 0.05) is 31.9 Å². The normalized spacial score (nSPS) is 14.4. The number of nitrogens with zero attached hydrogens (tertiary/aromatic N) is 2. The maximum absolute atomic E-state index is 14.0. The molecule has 1 saturated heterocycles. The van der Waals surface area contributed by atoms with Gasteiger partial charge in [-0.1, -0.05) is 37.3 Å². The maximum Gasteiger partial charge on any atom is 0.289 e. The Bertz CT molecular complexity index is 1100. The summed E-state index contributed by atoms with van der Waals surface area (Å²) in [7, 11) is 0. The minimum atomic E-state index is -0.394. The molecule has 166 valence electrons. The van der Waals surface area contributed by atoms with Crippen LogP contribution in [-0.4, -0.2) is 54.3 Å². The van der Waals surface area contributed by atoms with Gasteiger partial charge in [0.25, 0.3) is 5.91 Å². The van der Waals surface area contributed by atoms with Crippen LogP contribution in [0.3, 0.4) is 0 Å². The van der Waals surface area contributed by atoms with E-state index in [-0.39, 0.29) is 24.1 Å². The lowest BCUT2D eigenvalue weighted by Crippen LogP contribution is -2.50. The number of aryl methyl sites for hydroxylation is 1. The van der Waals surface area contributed by atoms with Gasteiger partial charge in [-0.05, 0) is 42.3 Å². The van der Waals surface area contributed by atoms with Gasteiger partial charge < -0.3 is 14.6 Å². The van der Waals surface area contributed by atoms with Gasteiger partial charge in [-0.15, -0.1) is 0 Å². The number of para-hydroxylation sites is 1. The van der Waals surface area contributed by atoms with Gasteiger partial charge >= 0.3 is 0 Å². The third-order valence-corrected chi connectivity index (χ3v) is 5.66. The fraction of sp³-hybridized carbons (Fsp3) is 0.280. The highest BCUT2D eigenvalue weighted by Crippen LogP contribution is 2.25. The number of carbonyl (C=O) groups excluding carboxylic acids is 2. The summed E-state index contributed by atoms with van der Waals surface area (Å²) in [6, 6.07) is 17.3. The average Bonchev–Trinajstić information content (AvgIpc) is 3.30. The lowest BCUT2D eigenvalue weighted by Gasteiger charge is -2.33. The zero-order valence-corrected chi connectivity index (χ0v) is 18.0. The molecule has 0 bridgehead atoms. The van der Waals surface area contributed by atoms with Crippen molar-refractivity contribution < 1.29 is 18.4 Å². The largest absolute Gasteiger partial charge is 0.451 e. The second-order valence-corrected chi connectivity index (χ2v) is 7.77. The van der Waals surface area contributed by atoms with Crippen LogP contribution < -0.4 is 5.32 Å². The Morgan fingerprint density at radius 2 is 1.69 bits per heavy atom. The number of piperazine rings is 1. The standard InChI is InChI=1S/C25H26FN3O3/c1-2-18-7-3-6-10-21(18)27-24(30)17-28-13-15-29(16-14-28)25(31)23-12-11-22(32-23)19-8-4-5-9-20(19)26/h3-12H,2,13-17H2,1H3,(H,27,30). The van der Waals surface area contributed by atoms with Crippen molar-refractivity contribution in [1.82, 2.24) is 9.80 Å². The predicted octanol–water partition coefficient (Wildman–Crippen LogP) is 4.04. The first-order chi connectivity index (χ1) is 15.5. The van der Waals surface area contributed by atoms with Crippen molar-refractivity contribution in [2.24, 2.45) is 0 Å². The highest BCUT2D eigenvalue weighted by atomic mass is 19.1. The Balaban J connectivity index is 1.30. The van der Waals surface area contributed by atoms with Crippen LogP contribution in [0.4, 0.5) is 10.1 Å². The maximum atomic E-state index is 14.0. The Labute approximate surface area is 186 Å². The third-order valence-electron chi connectivity index (χ3n) is 5.66. The Kier molecular flexibility index (Phi) is 6.66. The Morgan fingerprint density at radius 3 is 2.44 bits per heavy atom. The van der Waals surface area contributed by atoms with Gasteiger partial charge in [-0.2, -0.15) is 0 Å². The predicted molar refractivity (Wildman–Crippen MR) is 121 cm³/mol. The van der Waals surface area contributed by atoms with Crippen LogP contribution in [0.2, 0.25) is 0 Å². The Hall–Kier alpha value is -3.45. The zero-order chi connectivity index (χ0) is 22.5. The molecule has 7 heteroatoms. The van der Waals surface area contributed by atoms with E-state index < -0.39 is 5.82 Å². The highest BCUT2D eigenvalue weighted by molar-refractivity contribution is 5.93. The van der Waals surface area contributed by atoms with Crippen molar-refractivity contribution in [3.05, 3.63) is 77.8 Å². The molecule has 0 atom stereocenters. The molecular formula is C25H26FN3O3. The molecule has 1 aliphatic rings. The number of anilines is 1. The average molecular weight is 435 g/mol. The summed E-state index contributed by atoms with van der Waals surface area (Å²) in [6.07, 6.45) is 0.850. The van der Waals surface area contributed by atoms with Crippen molar-refractivity contribution in [3.63, 3.8) is 0 Å². The molecule has 2 aromatic carbocycles. The Morgan fingerprint density at radius 1 is 0.969 bits per heavy atom. The number of hydrogen-bond donors (Lipinski definition) is 1. The first kappa shape index (κ1) is 21.8. The molecule has 4 rings (SSSR count). The molecule has 1 N–H and O–H groups in total. The van der Waals surface area contributed by atoms with E-state index in [2.05, 4.69) is 12.2 Å². The lowest BCUT2D eigenvalue weighted by atomic mass is 10.1. The van der Waals surface area contributed by atoms with E-state index in [4.69, 9.17) is 4.42 Å². The fourth-order valence-corrected chi connectivity index (χ4v) is 3.87. The van der Waals surface area contributed by atoms with Gasteiger partial charge in [0.05, 0.1) is 12.1 Å². The summed E-state index contributed by atoms with van der Waals surface area (Å²) in [5.41, 5.74) is 2.27. The molecule has 32 heavy (non-hydrogen) atoms. The smallest absolute Gasteiger partial charge is 0.289 e. The molecule has 0 unspecified atom stereocenters. The molecule has 0 saturated carbocycles. The molecule has 0 radical (unpaired) electrons. The van der Waals surface area contributed by atoms with Gasteiger partial charge in [0.15, 0.2) is 5.76 Å². The van der Waals surface area contributed by atoms with Gasteiger partial charge in [0.1, 0.15) is 11.6 Å². The second-order valence-electron chi connectivity index (χ2n) is 7.77. The first-order valence-electron chi connectivity index (χ1n) is 10.8. The van der Waals surface area contributed by atoms with Crippen LogP contribution in [-0.2, 0) is 11.2 Å². The monoisotopic (exact) mass is 435 g/mol. The number of furan rings is 1. The van der Waals surface area contributed by atoms with Crippen molar-refractivity contribution in [2.75, 3.05) is 38.0 Å². The molecule has 1 fully saturated rings. The molecule has 0 spiro atoms. The van der Waals surface area contributed by atoms with Gasteiger partial charge in [-0.25, -0.2) is 4.39 Å². The van der Waals surface area contributed by atoms with Crippen LogP contribution >= 0.6 is 0 Å². The molecular weight excluding hydrogens is 409 g/mol. The minimum absolute atomic E-state index is 0.0637. The number of halogens is 1. The molecule has 1 aromatic heterocycles. The number of carbonyl (C=O) groups is 2. The van der Waals surface area contributed by atoms with E-state index in [0.717, 1.165) is 17.7 Å². The molecule has 2 heterocycles. The number of nitrogens with one attached hydrogen (secondary N) is 1. The lowest BCUT2D eigenvalue weighted by molar-refractivity contribution is -0.117. The first-order valence-corrected chi connectivity index (χ1v) is 10.8. The summed E-state index contributed by atoms with van der Waals surface area (Å²) in [5.74, 6) is -0.172. The summed E-state index contributed by atoms with van der Waals surface area (Å²) in [5, 5.41) is 2.98. The van der Waals surface area contributed by atoms with Crippen LogP contribution in [0.1, 0.15) is 23.0 Å². The summed E-state index contributed by atoms with van der Waals surface area (Å²) in [6.45, 7) is 4.50. The quantitative estimate of drug-likeness (QED) is 0.635. The molecule has 2 amide bonds. The van der Waals surface area contributed by atoms with E-state index in [9.17, 15) is 14.0 Å². The van der Waals surface area contributed by atoms with Crippen molar-refractivity contribution in [2.45, 2.75) is 13.3 Å². The van der Waals surface area contributed by atoms with E-state index >= 15 is 0 Å². The van der Waals surface area contributed by atoms with Crippen molar-refractivity contribution in [1.29, 1.82) is 0 Å². The molecule has 6 nitrogen and oxygen atoms in total. The van der Waals surface area contributed by atoms with Crippen molar-refractivity contribution >= 4 is 17.5 Å². The number of amides is 2. The SMILES string of the molecule is CCc1ccccc1NC(=O)CN1CCN(C(=O)c2ccc(-c3ccccc3F)o2)CC1. The third kappa shape index (κ3) is 4.89. The van der Waals surface area contributed by atoms with E-state index in [1.165, 1.54) is 6.07 Å². The van der Waals surface area contributed by atoms with E-state index in [1.807, 2.05) is 29.2 Å². The minimum Gasteiger partial charge on any atom is -0.451 e. The fourth-order valence-electron chi connectivity index (χ4n) is 3.87. The van der Waals surface area contributed by atoms with E-state index in [0.29, 0.717) is 37.5 Å². The highest BCUT2D eigenvalue weighted by Gasteiger charge is 2.25. The summed E-state index contributed by atoms with van der Waals surface area (Å²) in [4.78, 5) is 29.0. The van der Waals surface area contributed by atoms with Crippen LogP contribution in [0.15, 0.2) is 65.1 Å². The number of rotatable bonds is 6. The van der Waals surface area contributed by atoms with Crippen molar-refractivity contribution in [3.8, 4) is 11.3 Å². The van der Waals surface area contributed by atoms with E-state index in [1.54, 1.807) is 35.2 Å².